The van der Waals surface area contributed by atoms with E-state index in [0.717, 1.165) is 24.8 Å². The predicted molar refractivity (Wildman–Crippen MR) is 108 cm³/mol. The lowest BCUT2D eigenvalue weighted by atomic mass is 10.2. The number of carbonyl (C=O) groups is 1. The largest absolute Gasteiger partial charge is 0.322 e. The summed E-state index contributed by atoms with van der Waals surface area (Å²) in [6, 6.07) is 9.84. The Labute approximate surface area is 169 Å². The van der Waals surface area contributed by atoms with Crippen LogP contribution in [-0.4, -0.2) is 31.7 Å². The van der Waals surface area contributed by atoms with E-state index in [4.69, 9.17) is 23.2 Å². The lowest BCUT2D eigenvalue weighted by molar-refractivity contribution is 0.102. The first-order valence-electron chi connectivity index (χ1n) is 8.66. The van der Waals surface area contributed by atoms with Gasteiger partial charge in [0, 0.05) is 18.8 Å². The van der Waals surface area contributed by atoms with E-state index in [1.165, 1.54) is 16.4 Å². The average molecular weight is 427 g/mol. The van der Waals surface area contributed by atoms with Crippen molar-refractivity contribution in [3.05, 3.63) is 57.6 Å². The third-order valence-corrected chi connectivity index (χ3v) is 7.18. The van der Waals surface area contributed by atoms with Crippen molar-refractivity contribution in [2.45, 2.75) is 31.1 Å². The molecule has 1 fully saturated rings. The molecular formula is C19H20Cl2N2O3S. The first-order valence-corrected chi connectivity index (χ1v) is 10.9. The molecular weight excluding hydrogens is 407 g/mol. The van der Waals surface area contributed by atoms with Crippen molar-refractivity contribution in [3.63, 3.8) is 0 Å². The van der Waals surface area contributed by atoms with Gasteiger partial charge in [-0.1, -0.05) is 47.3 Å². The van der Waals surface area contributed by atoms with Crippen molar-refractivity contribution in [1.29, 1.82) is 0 Å². The van der Waals surface area contributed by atoms with E-state index in [1.807, 2.05) is 19.1 Å². The minimum Gasteiger partial charge on any atom is -0.322 e. The molecule has 0 saturated carbocycles. The number of halogens is 2. The molecule has 3 rings (SSSR count). The molecule has 2 aromatic carbocycles. The number of piperidine rings is 1. The van der Waals surface area contributed by atoms with Gasteiger partial charge in [0.25, 0.3) is 5.91 Å². The van der Waals surface area contributed by atoms with Crippen LogP contribution in [0.3, 0.4) is 0 Å². The number of hydrogen-bond acceptors (Lipinski definition) is 3. The Bertz CT molecular complexity index is 954. The van der Waals surface area contributed by atoms with Crippen LogP contribution in [0.5, 0.6) is 0 Å². The number of sulfonamides is 1. The van der Waals surface area contributed by atoms with Gasteiger partial charge in [0.1, 0.15) is 4.90 Å². The number of nitrogens with zero attached hydrogens (tertiary/aromatic N) is 1. The average Bonchev–Trinajstić information content (AvgIpc) is 2.64. The summed E-state index contributed by atoms with van der Waals surface area (Å²) in [5.41, 5.74) is 1.72. The zero-order valence-corrected chi connectivity index (χ0v) is 17.2. The number of nitrogens with one attached hydrogen (secondary N) is 1. The van der Waals surface area contributed by atoms with Gasteiger partial charge in [-0.2, -0.15) is 4.31 Å². The molecule has 1 amide bonds. The van der Waals surface area contributed by atoms with Crippen LogP contribution in [0.15, 0.2) is 41.3 Å². The number of rotatable bonds is 4. The molecule has 1 saturated heterocycles. The van der Waals surface area contributed by atoms with Crippen LogP contribution in [0.2, 0.25) is 10.0 Å². The maximum absolute atomic E-state index is 13.0. The van der Waals surface area contributed by atoms with Gasteiger partial charge >= 0.3 is 0 Å². The summed E-state index contributed by atoms with van der Waals surface area (Å²) in [6.07, 6.45) is 2.63. The molecule has 8 heteroatoms. The van der Waals surface area contributed by atoms with E-state index in [9.17, 15) is 13.2 Å². The van der Waals surface area contributed by atoms with Crippen LogP contribution >= 0.6 is 23.2 Å². The van der Waals surface area contributed by atoms with E-state index in [1.54, 1.807) is 12.1 Å². The smallest absolute Gasteiger partial charge is 0.257 e. The van der Waals surface area contributed by atoms with Crippen molar-refractivity contribution < 1.29 is 13.2 Å². The molecule has 144 valence electrons. The lowest BCUT2D eigenvalue weighted by Gasteiger charge is -2.26. The summed E-state index contributed by atoms with van der Waals surface area (Å²) in [6.45, 7) is 2.85. The van der Waals surface area contributed by atoms with E-state index >= 15 is 0 Å². The Balaban J connectivity index is 1.93. The minimum atomic E-state index is -3.78. The quantitative estimate of drug-likeness (QED) is 0.767. The summed E-state index contributed by atoms with van der Waals surface area (Å²) < 4.78 is 27.3. The highest BCUT2D eigenvalue weighted by atomic mass is 35.5. The van der Waals surface area contributed by atoms with Crippen LogP contribution in [0.4, 0.5) is 5.69 Å². The molecule has 0 radical (unpaired) electrons. The topological polar surface area (TPSA) is 66.5 Å². The highest BCUT2D eigenvalue weighted by Gasteiger charge is 2.29. The molecule has 2 aromatic rings. The second-order valence-electron chi connectivity index (χ2n) is 6.55. The van der Waals surface area contributed by atoms with Gasteiger partial charge < -0.3 is 5.32 Å². The number of carbonyl (C=O) groups excluding carboxylic acids is 1. The fraction of sp³-hybridized carbons (Fsp3) is 0.316. The molecule has 5 nitrogen and oxygen atoms in total. The maximum atomic E-state index is 13.0. The molecule has 1 aliphatic heterocycles. The Morgan fingerprint density at radius 1 is 1.00 bits per heavy atom. The molecule has 0 atom stereocenters. The molecule has 1 N–H and O–H groups in total. The Kier molecular flexibility index (Phi) is 6.11. The lowest BCUT2D eigenvalue weighted by Crippen LogP contribution is -2.35. The van der Waals surface area contributed by atoms with E-state index in [0.29, 0.717) is 18.8 Å². The summed E-state index contributed by atoms with van der Waals surface area (Å²) >= 11 is 12.3. The van der Waals surface area contributed by atoms with Gasteiger partial charge in [-0.05, 0) is 44.0 Å². The van der Waals surface area contributed by atoms with Gasteiger partial charge in [-0.3, -0.25) is 4.79 Å². The number of aryl methyl sites for hydroxylation is 1. The van der Waals surface area contributed by atoms with Crippen molar-refractivity contribution in [3.8, 4) is 0 Å². The fourth-order valence-electron chi connectivity index (χ4n) is 2.98. The van der Waals surface area contributed by atoms with Crippen LogP contribution in [-0.2, 0) is 10.0 Å². The predicted octanol–water partition coefficient (Wildman–Crippen LogP) is 4.73. The molecule has 0 unspecified atom stereocenters. The second kappa shape index (κ2) is 8.19. The summed E-state index contributed by atoms with van der Waals surface area (Å²) in [4.78, 5) is 12.5. The van der Waals surface area contributed by atoms with Gasteiger partial charge in [0.15, 0.2) is 0 Å². The van der Waals surface area contributed by atoms with E-state index in [-0.39, 0.29) is 20.5 Å². The van der Waals surface area contributed by atoms with Crippen LogP contribution in [0, 0.1) is 6.92 Å². The fourth-order valence-corrected chi connectivity index (χ4v) is 5.33. The summed E-state index contributed by atoms with van der Waals surface area (Å²) in [7, 11) is -3.78. The monoisotopic (exact) mass is 426 g/mol. The first kappa shape index (κ1) is 20.1. The highest BCUT2D eigenvalue weighted by Crippen LogP contribution is 2.32. The number of anilines is 1. The van der Waals surface area contributed by atoms with Crippen molar-refractivity contribution in [1.82, 2.24) is 4.31 Å². The Morgan fingerprint density at radius 3 is 2.26 bits per heavy atom. The van der Waals surface area contributed by atoms with Crippen molar-refractivity contribution in [2.75, 3.05) is 18.4 Å². The maximum Gasteiger partial charge on any atom is 0.257 e. The zero-order valence-electron chi connectivity index (χ0n) is 14.8. The second-order valence-corrected chi connectivity index (χ2v) is 9.27. The van der Waals surface area contributed by atoms with Crippen LogP contribution in [0.1, 0.15) is 35.2 Å². The number of hydrogen-bond donors (Lipinski definition) is 1. The summed E-state index contributed by atoms with van der Waals surface area (Å²) in [5, 5.41) is 2.84. The third-order valence-electron chi connectivity index (χ3n) is 4.51. The molecule has 1 heterocycles. The molecule has 0 aliphatic carbocycles. The van der Waals surface area contributed by atoms with Gasteiger partial charge in [0.05, 0.1) is 15.6 Å². The van der Waals surface area contributed by atoms with Crippen molar-refractivity contribution >= 4 is 44.8 Å². The third kappa shape index (κ3) is 4.46. The zero-order chi connectivity index (χ0) is 19.6. The Hall–Kier alpha value is -1.60. The van der Waals surface area contributed by atoms with Gasteiger partial charge in [-0.15, -0.1) is 0 Å². The normalized spacial score (nSPS) is 15.5. The summed E-state index contributed by atoms with van der Waals surface area (Å²) in [5.74, 6) is -0.490. The van der Waals surface area contributed by atoms with Gasteiger partial charge in [-0.25, -0.2) is 8.42 Å². The number of amides is 1. The van der Waals surface area contributed by atoms with Crippen LogP contribution in [0.25, 0.3) is 0 Å². The molecule has 0 aromatic heterocycles. The van der Waals surface area contributed by atoms with Crippen molar-refractivity contribution in [2.24, 2.45) is 0 Å². The van der Waals surface area contributed by atoms with Gasteiger partial charge in [0.2, 0.25) is 10.0 Å². The van der Waals surface area contributed by atoms with E-state index < -0.39 is 15.9 Å². The number of benzene rings is 2. The minimum absolute atomic E-state index is 0.0115. The molecule has 0 bridgehead atoms. The molecule has 0 spiro atoms. The standard InChI is InChI=1S/C19H20Cl2N2O3S/c1-13-5-7-14(8-6-13)22-19(24)15-11-18(17(21)12-16(15)20)27(25,26)23-9-3-2-4-10-23/h5-8,11-12H,2-4,9-10H2,1H3,(H,22,24). The SMILES string of the molecule is Cc1ccc(NC(=O)c2cc(S(=O)(=O)N3CCCCC3)c(Cl)cc2Cl)cc1. The molecule has 27 heavy (non-hydrogen) atoms. The van der Waals surface area contributed by atoms with E-state index in [2.05, 4.69) is 5.32 Å². The molecule has 1 aliphatic rings. The Morgan fingerprint density at radius 2 is 1.63 bits per heavy atom. The van der Waals surface area contributed by atoms with Crippen LogP contribution < -0.4 is 5.32 Å². The first-order chi connectivity index (χ1) is 12.8. The highest BCUT2D eigenvalue weighted by molar-refractivity contribution is 7.89.